The molecule has 0 spiro atoms. The van der Waals surface area contributed by atoms with Gasteiger partial charge in [0.25, 0.3) is 0 Å². The van der Waals surface area contributed by atoms with Gasteiger partial charge < -0.3 is 14.4 Å². The molecule has 8 heteroatoms. The van der Waals surface area contributed by atoms with Gasteiger partial charge in [0.15, 0.2) is 6.04 Å². The normalized spacial score (nSPS) is 26.6. The van der Waals surface area contributed by atoms with Crippen LogP contribution < -0.4 is 0 Å². The minimum absolute atomic E-state index is 0.265. The van der Waals surface area contributed by atoms with Crippen LogP contribution in [0.2, 0.25) is 0 Å². The number of carbonyl (C=O) groups excluding carboxylic acids is 3. The summed E-state index contributed by atoms with van der Waals surface area (Å²) in [4.78, 5) is 41.0. The van der Waals surface area contributed by atoms with Gasteiger partial charge in [-0.05, 0) is 19.4 Å². The van der Waals surface area contributed by atoms with E-state index in [9.17, 15) is 14.4 Å². The average molecular weight is 378 g/mol. The van der Waals surface area contributed by atoms with E-state index in [4.69, 9.17) is 9.47 Å². The summed E-state index contributed by atoms with van der Waals surface area (Å²) in [5, 5.41) is -0.502. The summed E-state index contributed by atoms with van der Waals surface area (Å²) >= 11 is 1.42. The third-order valence-electron chi connectivity index (χ3n) is 4.77. The summed E-state index contributed by atoms with van der Waals surface area (Å²) in [6.45, 7) is 4.02. The molecule has 2 amide bonds. The molecule has 2 aliphatic heterocycles. The number of fused-ring (bicyclic) bond motifs is 1. The van der Waals surface area contributed by atoms with E-state index in [2.05, 4.69) is 0 Å². The molecule has 3 unspecified atom stereocenters. The molecule has 2 saturated heterocycles. The van der Waals surface area contributed by atoms with Crippen LogP contribution in [0.15, 0.2) is 30.3 Å². The van der Waals surface area contributed by atoms with Gasteiger partial charge in [0, 0.05) is 11.3 Å². The van der Waals surface area contributed by atoms with Gasteiger partial charge in [-0.15, -0.1) is 11.8 Å². The molecule has 26 heavy (non-hydrogen) atoms. The van der Waals surface area contributed by atoms with Gasteiger partial charge in [0.2, 0.25) is 0 Å². The van der Waals surface area contributed by atoms with Gasteiger partial charge in [-0.1, -0.05) is 30.3 Å². The molecule has 140 valence electrons. The maximum Gasteiger partial charge on any atom is 0.331 e. The number of rotatable bonds is 4. The Balaban J connectivity index is 1.99. The van der Waals surface area contributed by atoms with Gasteiger partial charge >= 0.3 is 18.0 Å². The smallest absolute Gasteiger partial charge is 0.331 e. The van der Waals surface area contributed by atoms with Crippen molar-refractivity contribution in [1.29, 1.82) is 0 Å². The van der Waals surface area contributed by atoms with Crippen molar-refractivity contribution in [3.05, 3.63) is 35.9 Å². The summed E-state index contributed by atoms with van der Waals surface area (Å²) in [5.74, 6) is -0.973. The molecule has 0 N–H and O–H groups in total. The van der Waals surface area contributed by atoms with E-state index >= 15 is 0 Å². The lowest BCUT2D eigenvalue weighted by Gasteiger charge is -2.30. The first-order valence-corrected chi connectivity index (χ1v) is 9.16. The molecule has 3 rings (SSSR count). The van der Waals surface area contributed by atoms with Crippen LogP contribution >= 0.6 is 11.8 Å². The number of amides is 2. The lowest BCUT2D eigenvalue weighted by atomic mass is 10.0. The van der Waals surface area contributed by atoms with E-state index in [-0.39, 0.29) is 12.6 Å². The predicted octanol–water partition coefficient (Wildman–Crippen LogP) is 1.86. The lowest BCUT2D eigenvalue weighted by Crippen LogP contribution is -2.50. The zero-order valence-corrected chi connectivity index (χ0v) is 16.0. The van der Waals surface area contributed by atoms with E-state index in [0.29, 0.717) is 0 Å². The van der Waals surface area contributed by atoms with E-state index in [1.165, 1.54) is 35.8 Å². The predicted molar refractivity (Wildman–Crippen MR) is 96.3 cm³/mol. The highest BCUT2D eigenvalue weighted by Crippen LogP contribution is 2.50. The average Bonchev–Trinajstić information content (AvgIpc) is 3.04. The Labute approximate surface area is 156 Å². The molecular weight excluding hydrogens is 356 g/mol. The number of nitrogens with zero attached hydrogens (tertiary/aromatic N) is 2. The van der Waals surface area contributed by atoms with Gasteiger partial charge in [-0.3, -0.25) is 4.90 Å². The van der Waals surface area contributed by atoms with Gasteiger partial charge in [0.1, 0.15) is 11.4 Å². The lowest BCUT2D eigenvalue weighted by molar-refractivity contribution is -0.148. The quantitative estimate of drug-likeness (QED) is 0.745. The van der Waals surface area contributed by atoms with Crippen LogP contribution in [0.5, 0.6) is 0 Å². The number of hydrogen-bond acceptors (Lipinski definition) is 6. The number of urea groups is 1. The number of benzene rings is 1. The maximum absolute atomic E-state index is 13.2. The van der Waals surface area contributed by atoms with E-state index in [0.717, 1.165) is 5.56 Å². The van der Waals surface area contributed by atoms with E-state index < -0.39 is 34.1 Å². The fourth-order valence-electron chi connectivity index (χ4n) is 3.59. The molecule has 0 saturated carbocycles. The van der Waals surface area contributed by atoms with Crippen molar-refractivity contribution in [2.45, 2.75) is 42.6 Å². The third-order valence-corrected chi connectivity index (χ3v) is 6.33. The largest absolute Gasteiger partial charge is 0.467 e. The second kappa shape index (κ2) is 6.83. The summed E-state index contributed by atoms with van der Waals surface area (Å²) < 4.78 is 9.31. The Hall–Kier alpha value is -2.22. The fraction of sp³-hybridized carbons (Fsp3) is 0.500. The standard InChI is InChI=1S/C18H22N2O5S/c1-18(2)13(16(22)25-4)20-14(26-18)12(15(21)24-3)19(17(20)23)10-11-8-6-5-7-9-11/h5-9,12-14H,10H2,1-4H3. The Morgan fingerprint density at radius 3 is 2.31 bits per heavy atom. The molecule has 0 radical (unpaired) electrons. The topological polar surface area (TPSA) is 76.2 Å². The fourth-order valence-corrected chi connectivity index (χ4v) is 5.26. The molecule has 3 atom stereocenters. The van der Waals surface area contributed by atoms with Crippen LogP contribution in [0.4, 0.5) is 4.79 Å². The summed E-state index contributed by atoms with van der Waals surface area (Å²) in [7, 11) is 2.61. The number of thioether (sulfide) groups is 1. The number of esters is 2. The van der Waals surface area contributed by atoms with Crippen molar-refractivity contribution < 1.29 is 23.9 Å². The Morgan fingerprint density at radius 2 is 1.73 bits per heavy atom. The molecule has 1 aromatic carbocycles. The molecule has 2 heterocycles. The number of methoxy groups -OCH3 is 2. The van der Waals surface area contributed by atoms with E-state index in [1.54, 1.807) is 0 Å². The summed E-state index contributed by atoms with van der Waals surface area (Å²) in [6.07, 6.45) is 0. The van der Waals surface area contributed by atoms with Crippen LogP contribution in [0, 0.1) is 0 Å². The number of hydrogen-bond donors (Lipinski definition) is 0. The first kappa shape index (κ1) is 18.6. The minimum atomic E-state index is -0.786. The number of ether oxygens (including phenoxy) is 2. The molecule has 0 aliphatic carbocycles. The highest BCUT2D eigenvalue weighted by molar-refractivity contribution is 8.01. The zero-order valence-electron chi connectivity index (χ0n) is 15.2. The van der Waals surface area contributed by atoms with E-state index in [1.807, 2.05) is 44.2 Å². The Morgan fingerprint density at radius 1 is 1.12 bits per heavy atom. The second-order valence-corrected chi connectivity index (χ2v) is 8.58. The SMILES string of the molecule is COC(=O)C1C2SC(C)(C)C(C(=O)OC)N2C(=O)N1Cc1ccccc1. The molecule has 7 nitrogen and oxygen atoms in total. The van der Waals surface area contributed by atoms with Crippen LogP contribution in [-0.2, 0) is 25.6 Å². The van der Waals surface area contributed by atoms with Crippen LogP contribution in [-0.4, -0.2) is 64.2 Å². The van der Waals surface area contributed by atoms with Crippen molar-refractivity contribution in [1.82, 2.24) is 9.80 Å². The van der Waals surface area contributed by atoms with Crippen molar-refractivity contribution in [2.75, 3.05) is 14.2 Å². The summed E-state index contributed by atoms with van der Waals surface area (Å²) in [5.41, 5.74) is 0.898. The van der Waals surface area contributed by atoms with Crippen molar-refractivity contribution in [3.8, 4) is 0 Å². The first-order chi connectivity index (χ1) is 12.3. The second-order valence-electron chi connectivity index (χ2n) is 6.81. The highest BCUT2D eigenvalue weighted by atomic mass is 32.2. The van der Waals surface area contributed by atoms with Crippen molar-refractivity contribution in [3.63, 3.8) is 0 Å². The maximum atomic E-state index is 13.2. The highest BCUT2D eigenvalue weighted by Gasteiger charge is 2.63. The summed E-state index contributed by atoms with van der Waals surface area (Å²) in [6, 6.07) is 7.51. The van der Waals surface area contributed by atoms with Crippen molar-refractivity contribution >= 4 is 29.7 Å². The molecule has 1 aromatic rings. The molecule has 0 aromatic heterocycles. The Kier molecular flexibility index (Phi) is 4.88. The monoisotopic (exact) mass is 378 g/mol. The Bertz CT molecular complexity index is 724. The van der Waals surface area contributed by atoms with Gasteiger partial charge in [-0.25, -0.2) is 14.4 Å². The van der Waals surface area contributed by atoms with Crippen LogP contribution in [0.1, 0.15) is 19.4 Å². The first-order valence-electron chi connectivity index (χ1n) is 8.28. The zero-order chi connectivity index (χ0) is 19.1. The van der Waals surface area contributed by atoms with Gasteiger partial charge in [0.05, 0.1) is 14.2 Å². The van der Waals surface area contributed by atoms with Crippen molar-refractivity contribution in [2.24, 2.45) is 0 Å². The van der Waals surface area contributed by atoms with Gasteiger partial charge in [-0.2, -0.15) is 0 Å². The molecule has 2 aliphatic rings. The van der Waals surface area contributed by atoms with Crippen LogP contribution in [0.25, 0.3) is 0 Å². The third kappa shape index (κ3) is 2.92. The molecule has 2 fully saturated rings. The number of carbonyl (C=O) groups is 3. The minimum Gasteiger partial charge on any atom is -0.467 e. The van der Waals surface area contributed by atoms with Crippen LogP contribution in [0.3, 0.4) is 0 Å². The molecular formula is C18H22N2O5S. The molecule has 0 bridgehead atoms.